The van der Waals surface area contributed by atoms with Crippen molar-refractivity contribution in [2.75, 3.05) is 6.54 Å². The second kappa shape index (κ2) is 10.8. The van der Waals surface area contributed by atoms with Crippen LogP contribution in [0.15, 0.2) is 42.5 Å². The predicted octanol–water partition coefficient (Wildman–Crippen LogP) is 4.49. The largest absolute Gasteiger partial charge is 0.354 e. The molecule has 0 bridgehead atoms. The summed E-state index contributed by atoms with van der Waals surface area (Å²) in [6.45, 7) is 11.2. The maximum Gasteiger partial charge on any atom is 0.242 e. The molecule has 2 aromatic carbocycles. The minimum absolute atomic E-state index is 0.0201. The number of aryl methyl sites for hydroxylation is 3. The molecule has 29 heavy (non-hydrogen) atoms. The van der Waals surface area contributed by atoms with Gasteiger partial charge in [-0.1, -0.05) is 61.9 Å². The van der Waals surface area contributed by atoms with Gasteiger partial charge in [-0.3, -0.25) is 9.59 Å². The van der Waals surface area contributed by atoms with Crippen molar-refractivity contribution in [1.82, 2.24) is 10.2 Å². The highest BCUT2D eigenvalue weighted by atomic mass is 16.2. The normalized spacial score (nSPS) is 11.8. The fourth-order valence-corrected chi connectivity index (χ4v) is 3.48. The van der Waals surface area contributed by atoms with E-state index in [1.165, 1.54) is 11.1 Å². The minimum atomic E-state index is -0.471. The summed E-state index contributed by atoms with van der Waals surface area (Å²) in [7, 11) is 0. The van der Waals surface area contributed by atoms with Gasteiger partial charge in [-0.15, -0.1) is 0 Å². The molecule has 1 N–H and O–H groups in total. The SMILES string of the molecule is CCCNC(=O)[C@H](CC)N(Cc1cccc(C)c1)C(=O)Cc1ccc(C)c(C)c1. The number of hydrogen-bond acceptors (Lipinski definition) is 2. The molecular formula is C25H34N2O2. The molecule has 0 unspecified atom stereocenters. The summed E-state index contributed by atoms with van der Waals surface area (Å²) in [5, 5.41) is 2.96. The zero-order chi connectivity index (χ0) is 21.4. The van der Waals surface area contributed by atoms with E-state index < -0.39 is 6.04 Å². The molecule has 2 rings (SSSR count). The Labute approximate surface area is 175 Å². The van der Waals surface area contributed by atoms with E-state index in [4.69, 9.17) is 0 Å². The van der Waals surface area contributed by atoms with Gasteiger partial charge >= 0.3 is 0 Å². The number of carbonyl (C=O) groups excluding carboxylic acids is 2. The van der Waals surface area contributed by atoms with Gasteiger partial charge in [0.1, 0.15) is 6.04 Å². The van der Waals surface area contributed by atoms with Gasteiger partial charge in [-0.2, -0.15) is 0 Å². The third-order valence-electron chi connectivity index (χ3n) is 5.30. The molecule has 4 heteroatoms. The third kappa shape index (κ3) is 6.45. The van der Waals surface area contributed by atoms with Gasteiger partial charge in [-0.05, 0) is 55.9 Å². The van der Waals surface area contributed by atoms with E-state index in [9.17, 15) is 9.59 Å². The third-order valence-corrected chi connectivity index (χ3v) is 5.30. The minimum Gasteiger partial charge on any atom is -0.354 e. The summed E-state index contributed by atoms with van der Waals surface area (Å²) in [5.41, 5.74) is 5.56. The predicted molar refractivity (Wildman–Crippen MR) is 119 cm³/mol. The van der Waals surface area contributed by atoms with Gasteiger partial charge in [0.25, 0.3) is 0 Å². The van der Waals surface area contributed by atoms with Crippen molar-refractivity contribution in [3.63, 3.8) is 0 Å². The van der Waals surface area contributed by atoms with E-state index in [1.807, 2.05) is 51.1 Å². The Balaban J connectivity index is 2.29. The van der Waals surface area contributed by atoms with Crippen LogP contribution in [-0.2, 0) is 22.6 Å². The van der Waals surface area contributed by atoms with Crippen molar-refractivity contribution in [3.8, 4) is 0 Å². The van der Waals surface area contributed by atoms with Crippen LogP contribution in [0.4, 0.5) is 0 Å². The zero-order valence-electron chi connectivity index (χ0n) is 18.4. The fourth-order valence-electron chi connectivity index (χ4n) is 3.48. The Bertz CT molecular complexity index is 844. The van der Waals surface area contributed by atoms with Crippen LogP contribution < -0.4 is 5.32 Å². The van der Waals surface area contributed by atoms with Gasteiger partial charge in [0.05, 0.1) is 6.42 Å². The van der Waals surface area contributed by atoms with E-state index in [2.05, 4.69) is 31.3 Å². The number of nitrogens with one attached hydrogen (secondary N) is 1. The first-order chi connectivity index (χ1) is 13.8. The average Bonchev–Trinajstić information content (AvgIpc) is 2.69. The van der Waals surface area contributed by atoms with E-state index in [0.717, 1.165) is 23.1 Å². The smallest absolute Gasteiger partial charge is 0.242 e. The van der Waals surface area contributed by atoms with Crippen molar-refractivity contribution in [2.24, 2.45) is 0 Å². The van der Waals surface area contributed by atoms with Crippen molar-refractivity contribution < 1.29 is 9.59 Å². The molecule has 0 aliphatic carbocycles. The van der Waals surface area contributed by atoms with E-state index >= 15 is 0 Å². The molecule has 0 heterocycles. The molecule has 4 nitrogen and oxygen atoms in total. The lowest BCUT2D eigenvalue weighted by Gasteiger charge is -2.31. The van der Waals surface area contributed by atoms with Crippen LogP contribution in [0.3, 0.4) is 0 Å². The lowest BCUT2D eigenvalue weighted by atomic mass is 10.0. The summed E-state index contributed by atoms with van der Waals surface area (Å²) in [6, 6.07) is 13.8. The second-order valence-electron chi connectivity index (χ2n) is 7.82. The van der Waals surface area contributed by atoms with Crippen molar-refractivity contribution in [3.05, 3.63) is 70.3 Å². The molecule has 0 saturated heterocycles. The first kappa shape index (κ1) is 22.7. The number of nitrogens with zero attached hydrogens (tertiary/aromatic N) is 1. The molecule has 2 aromatic rings. The Morgan fingerprint density at radius 1 is 0.966 bits per heavy atom. The highest BCUT2D eigenvalue weighted by Gasteiger charge is 2.28. The van der Waals surface area contributed by atoms with Crippen LogP contribution in [0, 0.1) is 20.8 Å². The molecule has 0 spiro atoms. The lowest BCUT2D eigenvalue weighted by Crippen LogP contribution is -2.49. The first-order valence-electron chi connectivity index (χ1n) is 10.5. The van der Waals surface area contributed by atoms with Crippen LogP contribution >= 0.6 is 0 Å². The molecule has 0 radical (unpaired) electrons. The van der Waals surface area contributed by atoms with Crippen LogP contribution in [0.5, 0.6) is 0 Å². The summed E-state index contributed by atoms with van der Waals surface area (Å²) >= 11 is 0. The number of rotatable bonds is 9. The first-order valence-corrected chi connectivity index (χ1v) is 10.5. The van der Waals surface area contributed by atoms with Crippen molar-refractivity contribution in [2.45, 2.75) is 66.5 Å². The standard InChI is InChI=1S/C25H34N2O2/c1-6-13-26-25(29)23(7-2)27(17-22-10-8-9-18(3)14-22)24(28)16-21-12-11-19(4)20(5)15-21/h8-12,14-15,23H,6-7,13,16-17H2,1-5H3,(H,26,29)/t23-/m0/s1. The molecular weight excluding hydrogens is 360 g/mol. The van der Waals surface area contributed by atoms with Gasteiger partial charge in [0.2, 0.25) is 11.8 Å². The lowest BCUT2D eigenvalue weighted by molar-refractivity contribution is -0.140. The topological polar surface area (TPSA) is 49.4 Å². The molecule has 0 saturated carbocycles. The summed E-state index contributed by atoms with van der Waals surface area (Å²) in [6.07, 6.45) is 1.75. The second-order valence-corrected chi connectivity index (χ2v) is 7.82. The maximum absolute atomic E-state index is 13.3. The molecule has 0 aliphatic heterocycles. The Hall–Kier alpha value is -2.62. The highest BCUT2D eigenvalue weighted by Crippen LogP contribution is 2.17. The van der Waals surface area contributed by atoms with Gasteiger partial charge in [0, 0.05) is 13.1 Å². The number of hydrogen-bond donors (Lipinski definition) is 1. The summed E-state index contributed by atoms with van der Waals surface area (Å²) in [5.74, 6) is -0.0938. The molecule has 0 aromatic heterocycles. The van der Waals surface area contributed by atoms with Crippen molar-refractivity contribution in [1.29, 1.82) is 0 Å². The van der Waals surface area contributed by atoms with Crippen molar-refractivity contribution >= 4 is 11.8 Å². The Kier molecular flexibility index (Phi) is 8.44. The fraction of sp³-hybridized carbons (Fsp3) is 0.440. The van der Waals surface area contributed by atoms with Gasteiger partial charge < -0.3 is 10.2 Å². The molecule has 156 valence electrons. The summed E-state index contributed by atoms with van der Waals surface area (Å²) < 4.78 is 0. The zero-order valence-corrected chi connectivity index (χ0v) is 18.4. The Morgan fingerprint density at radius 3 is 2.34 bits per heavy atom. The maximum atomic E-state index is 13.3. The van der Waals surface area contributed by atoms with Gasteiger partial charge in [0.15, 0.2) is 0 Å². The summed E-state index contributed by atoms with van der Waals surface area (Å²) in [4.78, 5) is 27.9. The van der Waals surface area contributed by atoms with E-state index in [1.54, 1.807) is 4.90 Å². The Morgan fingerprint density at radius 2 is 1.72 bits per heavy atom. The average molecular weight is 395 g/mol. The molecule has 0 aliphatic rings. The molecule has 0 fully saturated rings. The van der Waals surface area contributed by atoms with Crippen LogP contribution in [-0.4, -0.2) is 29.3 Å². The van der Waals surface area contributed by atoms with E-state index in [0.29, 0.717) is 25.9 Å². The molecule has 2 amide bonds. The van der Waals surface area contributed by atoms with Gasteiger partial charge in [-0.25, -0.2) is 0 Å². The number of benzene rings is 2. The quantitative estimate of drug-likeness (QED) is 0.681. The van der Waals surface area contributed by atoms with Crippen LogP contribution in [0.25, 0.3) is 0 Å². The highest BCUT2D eigenvalue weighted by molar-refractivity contribution is 5.88. The van der Waals surface area contributed by atoms with Crippen LogP contribution in [0.1, 0.15) is 54.5 Å². The van der Waals surface area contributed by atoms with Crippen LogP contribution in [0.2, 0.25) is 0 Å². The van der Waals surface area contributed by atoms with E-state index in [-0.39, 0.29) is 11.8 Å². The number of amides is 2. The molecule has 1 atom stereocenters. The number of carbonyl (C=O) groups is 2. The monoisotopic (exact) mass is 394 g/mol.